The Morgan fingerprint density at radius 3 is 1.95 bits per heavy atom. The minimum atomic E-state index is 0.293. The van der Waals surface area contributed by atoms with Crippen LogP contribution in [0.4, 0.5) is 0 Å². The molecule has 0 aromatic heterocycles. The summed E-state index contributed by atoms with van der Waals surface area (Å²) in [7, 11) is 3.53. The van der Waals surface area contributed by atoms with Crippen molar-refractivity contribution >= 4 is 15.9 Å². The fraction of sp³-hybridized carbons (Fsp3) is 0.647. The van der Waals surface area contributed by atoms with Crippen molar-refractivity contribution in [1.82, 2.24) is 0 Å². The summed E-state index contributed by atoms with van der Waals surface area (Å²) in [5, 5.41) is 0. The van der Waals surface area contributed by atoms with Crippen LogP contribution in [-0.4, -0.2) is 18.5 Å². The molecule has 110 valence electrons. The standard InChI is InChI=1S/C17H23BrO2/c1-12-10-15(20-3)13(11-14(12)19-2)16-4-7-17(18,8-5-16)9-6-16/h10-11H,4-9H2,1-3H3. The molecule has 0 unspecified atom stereocenters. The summed E-state index contributed by atoms with van der Waals surface area (Å²) < 4.78 is 11.6. The zero-order chi connectivity index (χ0) is 14.4. The van der Waals surface area contributed by atoms with E-state index in [-0.39, 0.29) is 0 Å². The Labute approximate surface area is 130 Å². The largest absolute Gasteiger partial charge is 0.496 e. The Balaban J connectivity index is 2.05. The first kappa shape index (κ1) is 14.2. The quantitative estimate of drug-likeness (QED) is 0.740. The molecule has 3 heteroatoms. The number of methoxy groups -OCH3 is 2. The van der Waals surface area contributed by atoms with Crippen molar-refractivity contribution in [3.8, 4) is 11.5 Å². The maximum Gasteiger partial charge on any atom is 0.123 e. The Morgan fingerprint density at radius 2 is 1.45 bits per heavy atom. The second kappa shape index (κ2) is 4.94. The first-order valence-electron chi connectivity index (χ1n) is 7.44. The number of ether oxygens (including phenoxy) is 2. The lowest BCUT2D eigenvalue weighted by atomic mass is 9.57. The second-order valence-electron chi connectivity index (χ2n) is 6.45. The van der Waals surface area contributed by atoms with E-state index < -0.39 is 0 Å². The molecule has 0 N–H and O–H groups in total. The minimum absolute atomic E-state index is 0.293. The molecule has 2 nitrogen and oxygen atoms in total. The van der Waals surface area contributed by atoms with Gasteiger partial charge in [0.25, 0.3) is 0 Å². The molecule has 3 aliphatic rings. The van der Waals surface area contributed by atoms with Crippen LogP contribution < -0.4 is 9.47 Å². The number of hydrogen-bond donors (Lipinski definition) is 0. The van der Waals surface area contributed by atoms with E-state index in [1.165, 1.54) is 44.1 Å². The maximum absolute atomic E-state index is 5.68. The summed E-state index contributed by atoms with van der Waals surface area (Å²) in [6, 6.07) is 4.36. The van der Waals surface area contributed by atoms with E-state index in [1.807, 2.05) is 0 Å². The van der Waals surface area contributed by atoms with Gasteiger partial charge in [-0.25, -0.2) is 0 Å². The molecule has 0 radical (unpaired) electrons. The van der Waals surface area contributed by atoms with Crippen molar-refractivity contribution in [2.24, 2.45) is 0 Å². The number of aryl methyl sites for hydroxylation is 1. The molecule has 0 atom stereocenters. The highest BCUT2D eigenvalue weighted by atomic mass is 79.9. The Kier molecular flexibility index (Phi) is 3.52. The Morgan fingerprint density at radius 1 is 0.900 bits per heavy atom. The first-order valence-corrected chi connectivity index (χ1v) is 8.23. The molecule has 3 saturated carbocycles. The molecular formula is C17H23BrO2. The van der Waals surface area contributed by atoms with E-state index in [9.17, 15) is 0 Å². The van der Waals surface area contributed by atoms with Crippen LogP contribution >= 0.6 is 15.9 Å². The van der Waals surface area contributed by atoms with E-state index in [0.29, 0.717) is 9.74 Å². The van der Waals surface area contributed by atoms with Crippen molar-refractivity contribution in [2.45, 2.75) is 55.2 Å². The summed E-state index contributed by atoms with van der Waals surface area (Å²) in [5.74, 6) is 2.02. The number of benzene rings is 1. The molecule has 0 aliphatic heterocycles. The zero-order valence-corrected chi connectivity index (χ0v) is 14.2. The highest BCUT2D eigenvalue weighted by Crippen LogP contribution is 2.58. The topological polar surface area (TPSA) is 18.5 Å². The van der Waals surface area contributed by atoms with Gasteiger partial charge in [0.15, 0.2) is 0 Å². The van der Waals surface area contributed by atoms with E-state index in [2.05, 4.69) is 35.0 Å². The lowest BCUT2D eigenvalue weighted by Crippen LogP contribution is -2.45. The highest BCUT2D eigenvalue weighted by molar-refractivity contribution is 9.10. The predicted octanol–water partition coefficient (Wildman–Crippen LogP) is 4.75. The molecule has 0 heterocycles. The van der Waals surface area contributed by atoms with Gasteiger partial charge in [0.2, 0.25) is 0 Å². The Hall–Kier alpha value is -0.700. The number of alkyl halides is 1. The smallest absolute Gasteiger partial charge is 0.123 e. The highest BCUT2D eigenvalue weighted by Gasteiger charge is 2.49. The lowest BCUT2D eigenvalue weighted by Gasteiger charge is -2.51. The van der Waals surface area contributed by atoms with Gasteiger partial charge in [0.05, 0.1) is 14.2 Å². The monoisotopic (exact) mass is 338 g/mol. The van der Waals surface area contributed by atoms with Gasteiger partial charge >= 0.3 is 0 Å². The average molecular weight is 339 g/mol. The summed E-state index contributed by atoms with van der Waals surface area (Å²) in [4.78, 5) is 0. The van der Waals surface area contributed by atoms with Crippen molar-refractivity contribution in [3.63, 3.8) is 0 Å². The van der Waals surface area contributed by atoms with Crippen LogP contribution in [-0.2, 0) is 5.41 Å². The van der Waals surface area contributed by atoms with Crippen LogP contribution in [0.2, 0.25) is 0 Å². The third kappa shape index (κ3) is 2.14. The third-order valence-electron chi connectivity index (χ3n) is 5.44. The fourth-order valence-corrected chi connectivity index (χ4v) is 4.60. The van der Waals surface area contributed by atoms with Gasteiger partial charge in [0.1, 0.15) is 11.5 Å². The molecule has 4 rings (SSSR count). The summed E-state index contributed by atoms with van der Waals surface area (Å²) >= 11 is 3.95. The number of halogens is 1. The van der Waals surface area contributed by atoms with Gasteiger partial charge in [-0.3, -0.25) is 0 Å². The minimum Gasteiger partial charge on any atom is -0.496 e. The van der Waals surface area contributed by atoms with Gasteiger partial charge < -0.3 is 9.47 Å². The Bertz CT molecular complexity index is 499. The first-order chi connectivity index (χ1) is 9.52. The SMILES string of the molecule is COc1cc(C23CCC(Br)(CC2)CC3)c(OC)cc1C. The zero-order valence-electron chi connectivity index (χ0n) is 12.6. The average Bonchev–Trinajstić information content (AvgIpc) is 2.48. The van der Waals surface area contributed by atoms with Crippen LogP contribution in [0.3, 0.4) is 0 Å². The summed E-state index contributed by atoms with van der Waals surface area (Å²) in [6.45, 7) is 2.08. The molecule has 0 spiro atoms. The summed E-state index contributed by atoms with van der Waals surface area (Å²) in [6.07, 6.45) is 7.56. The molecule has 0 saturated heterocycles. The van der Waals surface area contributed by atoms with Gasteiger partial charge in [-0.15, -0.1) is 0 Å². The molecule has 3 fully saturated rings. The fourth-order valence-electron chi connectivity index (χ4n) is 4.01. The second-order valence-corrected chi connectivity index (χ2v) is 8.14. The molecule has 2 bridgehead atoms. The van der Waals surface area contributed by atoms with E-state index in [0.717, 1.165) is 17.1 Å². The summed E-state index contributed by atoms with van der Waals surface area (Å²) in [5.41, 5.74) is 2.80. The van der Waals surface area contributed by atoms with Gasteiger partial charge in [-0.2, -0.15) is 0 Å². The van der Waals surface area contributed by atoms with Gasteiger partial charge in [-0.05, 0) is 68.6 Å². The predicted molar refractivity (Wildman–Crippen MR) is 85.3 cm³/mol. The molecule has 20 heavy (non-hydrogen) atoms. The number of hydrogen-bond acceptors (Lipinski definition) is 2. The number of rotatable bonds is 3. The van der Waals surface area contributed by atoms with E-state index in [1.54, 1.807) is 14.2 Å². The molecule has 1 aromatic rings. The van der Waals surface area contributed by atoms with Crippen LogP contribution in [0, 0.1) is 6.92 Å². The lowest BCUT2D eigenvalue weighted by molar-refractivity contribution is 0.158. The van der Waals surface area contributed by atoms with Gasteiger partial charge in [-0.1, -0.05) is 15.9 Å². The van der Waals surface area contributed by atoms with E-state index >= 15 is 0 Å². The van der Waals surface area contributed by atoms with Crippen LogP contribution in [0.1, 0.15) is 49.7 Å². The molecule has 3 aliphatic carbocycles. The van der Waals surface area contributed by atoms with Crippen molar-refractivity contribution in [3.05, 3.63) is 23.3 Å². The normalized spacial score (nSPS) is 32.2. The number of fused-ring (bicyclic) bond motifs is 3. The third-order valence-corrected chi connectivity index (χ3v) is 6.63. The molecule has 0 amide bonds. The maximum atomic E-state index is 5.68. The van der Waals surface area contributed by atoms with Crippen molar-refractivity contribution in [1.29, 1.82) is 0 Å². The van der Waals surface area contributed by atoms with Crippen LogP contribution in [0.15, 0.2) is 12.1 Å². The van der Waals surface area contributed by atoms with Crippen LogP contribution in [0.25, 0.3) is 0 Å². The van der Waals surface area contributed by atoms with Crippen molar-refractivity contribution < 1.29 is 9.47 Å². The van der Waals surface area contributed by atoms with Crippen LogP contribution in [0.5, 0.6) is 11.5 Å². The van der Waals surface area contributed by atoms with Gasteiger partial charge in [0, 0.05) is 9.89 Å². The molecule has 1 aromatic carbocycles. The van der Waals surface area contributed by atoms with E-state index in [4.69, 9.17) is 9.47 Å². The molecular weight excluding hydrogens is 316 g/mol. The van der Waals surface area contributed by atoms with Crippen molar-refractivity contribution in [2.75, 3.05) is 14.2 Å².